The number of aryl methyl sites for hydroxylation is 2. The molecular formula is C23H23N5OS. The molecule has 3 heterocycles. The molecule has 1 aliphatic rings. The smallest absolute Gasteiger partial charge is 0.323 e. The summed E-state index contributed by atoms with van der Waals surface area (Å²) >= 11 is 1.45. The van der Waals surface area contributed by atoms with Crippen LogP contribution in [-0.4, -0.2) is 34.0 Å². The van der Waals surface area contributed by atoms with E-state index in [1.165, 1.54) is 11.3 Å². The third-order valence-electron chi connectivity index (χ3n) is 5.16. The molecule has 30 heavy (non-hydrogen) atoms. The number of carbonyl (C=O) groups is 1. The van der Waals surface area contributed by atoms with Gasteiger partial charge in [-0.25, -0.2) is 9.78 Å². The van der Waals surface area contributed by atoms with Gasteiger partial charge >= 0.3 is 6.03 Å². The third kappa shape index (κ3) is 4.19. The number of hydrogen-bond acceptors (Lipinski definition) is 5. The Morgan fingerprint density at radius 1 is 1.20 bits per heavy atom. The number of rotatable bonds is 3. The fraction of sp³-hybridized carbons (Fsp3) is 0.304. The number of anilines is 1. The van der Waals surface area contributed by atoms with E-state index in [1.54, 1.807) is 6.07 Å². The molecule has 1 atom stereocenters. The molecule has 152 valence electrons. The first-order chi connectivity index (χ1) is 14.4. The average Bonchev–Trinajstić information content (AvgIpc) is 3.34. The summed E-state index contributed by atoms with van der Waals surface area (Å²) < 4.78 is 0. The molecule has 0 aliphatic carbocycles. The second-order valence-corrected chi connectivity index (χ2v) is 8.80. The van der Waals surface area contributed by atoms with Crippen LogP contribution in [0.2, 0.25) is 0 Å². The summed E-state index contributed by atoms with van der Waals surface area (Å²) in [7, 11) is 0. The molecule has 6 nitrogen and oxygen atoms in total. The maximum atomic E-state index is 12.7. The lowest BCUT2D eigenvalue weighted by Gasteiger charge is -2.15. The summed E-state index contributed by atoms with van der Waals surface area (Å²) in [6, 6.07) is 13.5. The summed E-state index contributed by atoms with van der Waals surface area (Å²) in [5.74, 6) is 0.523. The molecule has 1 aliphatic heterocycles. The number of urea groups is 1. The predicted octanol–water partition coefficient (Wildman–Crippen LogP) is 5.23. The Morgan fingerprint density at radius 3 is 2.63 bits per heavy atom. The highest BCUT2D eigenvalue weighted by Gasteiger charge is 2.25. The van der Waals surface area contributed by atoms with E-state index in [0.29, 0.717) is 16.6 Å². The largest absolute Gasteiger partial charge is 0.324 e. The summed E-state index contributed by atoms with van der Waals surface area (Å²) in [4.78, 5) is 24.7. The maximum absolute atomic E-state index is 12.7. The molecule has 3 aromatic rings. The van der Waals surface area contributed by atoms with E-state index in [1.807, 2.05) is 49.1 Å². The van der Waals surface area contributed by atoms with Gasteiger partial charge in [-0.1, -0.05) is 30.4 Å². The van der Waals surface area contributed by atoms with E-state index in [2.05, 4.69) is 23.3 Å². The number of likely N-dealkylation sites (tertiary alicyclic amines) is 1. The molecule has 2 aromatic heterocycles. The van der Waals surface area contributed by atoms with Crippen molar-refractivity contribution in [3.05, 3.63) is 53.3 Å². The van der Waals surface area contributed by atoms with Crippen molar-refractivity contribution in [2.45, 2.75) is 27.2 Å². The van der Waals surface area contributed by atoms with Gasteiger partial charge in [-0.15, -0.1) is 0 Å². The molecule has 1 N–H and O–H groups in total. The lowest BCUT2D eigenvalue weighted by atomic mass is 10.0. The number of hydrogen-bond donors (Lipinski definition) is 1. The number of benzene rings is 1. The van der Waals surface area contributed by atoms with Crippen molar-refractivity contribution >= 4 is 22.5 Å². The van der Waals surface area contributed by atoms with Gasteiger partial charge in [-0.3, -0.25) is 10.3 Å². The summed E-state index contributed by atoms with van der Waals surface area (Å²) in [6.07, 6.45) is 1.03. The number of nitrogens with zero attached hydrogens (tertiary/aromatic N) is 4. The first kappa shape index (κ1) is 20.0. The number of nitrogens with one attached hydrogen (secondary N) is 1. The van der Waals surface area contributed by atoms with Crippen LogP contribution >= 0.6 is 11.3 Å². The summed E-state index contributed by atoms with van der Waals surface area (Å²) in [5.41, 5.74) is 5.03. The number of carbonyl (C=O) groups excluding carboxylic acids is 1. The zero-order valence-corrected chi connectivity index (χ0v) is 18.1. The predicted molar refractivity (Wildman–Crippen MR) is 119 cm³/mol. The molecule has 0 bridgehead atoms. The summed E-state index contributed by atoms with van der Waals surface area (Å²) in [5, 5.41) is 12.8. The van der Waals surface area contributed by atoms with Crippen LogP contribution < -0.4 is 5.32 Å². The minimum atomic E-state index is -0.112. The molecule has 0 spiro atoms. The number of nitriles is 1. The van der Waals surface area contributed by atoms with Crippen molar-refractivity contribution in [3.8, 4) is 27.8 Å². The van der Waals surface area contributed by atoms with E-state index in [0.717, 1.165) is 52.6 Å². The number of pyridine rings is 1. The molecule has 1 fully saturated rings. The highest BCUT2D eigenvalue weighted by atomic mass is 32.1. The van der Waals surface area contributed by atoms with Crippen LogP contribution in [0.3, 0.4) is 0 Å². The SMILES string of the molecule is Cc1cc(-c2sc(NC(=O)N3CC[C@H](C)C3)nc2-c2cccc(C#N)c2)cc(C)n1. The van der Waals surface area contributed by atoms with E-state index in [-0.39, 0.29) is 6.03 Å². The quantitative estimate of drug-likeness (QED) is 0.632. The van der Waals surface area contributed by atoms with E-state index in [9.17, 15) is 10.1 Å². The highest BCUT2D eigenvalue weighted by molar-refractivity contribution is 7.19. The maximum Gasteiger partial charge on any atom is 0.323 e. The van der Waals surface area contributed by atoms with Gasteiger partial charge in [-0.2, -0.15) is 5.26 Å². The Labute approximate surface area is 180 Å². The Morgan fingerprint density at radius 2 is 1.97 bits per heavy atom. The van der Waals surface area contributed by atoms with Gasteiger partial charge in [0.2, 0.25) is 0 Å². The number of amides is 2. The monoisotopic (exact) mass is 417 g/mol. The van der Waals surface area contributed by atoms with Crippen LogP contribution in [0.5, 0.6) is 0 Å². The van der Waals surface area contributed by atoms with Gasteiger partial charge in [0.25, 0.3) is 0 Å². The zero-order valence-electron chi connectivity index (χ0n) is 17.3. The van der Waals surface area contributed by atoms with Crippen molar-refractivity contribution in [1.29, 1.82) is 5.26 Å². The van der Waals surface area contributed by atoms with Crippen molar-refractivity contribution in [1.82, 2.24) is 14.9 Å². The minimum Gasteiger partial charge on any atom is -0.324 e. The van der Waals surface area contributed by atoms with Crippen LogP contribution in [0.4, 0.5) is 9.93 Å². The molecule has 0 radical (unpaired) electrons. The lowest BCUT2D eigenvalue weighted by molar-refractivity contribution is 0.221. The minimum absolute atomic E-state index is 0.112. The highest BCUT2D eigenvalue weighted by Crippen LogP contribution is 2.39. The molecule has 0 saturated carbocycles. The standard InChI is InChI=1S/C23H23N5OS/c1-14-7-8-28(13-14)23(29)27-22-26-20(18-6-4-5-17(11-18)12-24)21(30-22)19-9-15(2)25-16(3)10-19/h4-6,9-11,14H,7-8,13H2,1-3H3,(H,26,27,29)/t14-/m0/s1. The first-order valence-electron chi connectivity index (χ1n) is 9.96. The van der Waals surface area contributed by atoms with Gasteiger partial charge < -0.3 is 4.90 Å². The van der Waals surface area contributed by atoms with Crippen LogP contribution in [0.15, 0.2) is 36.4 Å². The molecule has 0 unspecified atom stereocenters. The Balaban J connectivity index is 1.75. The molecular weight excluding hydrogens is 394 g/mol. The van der Waals surface area contributed by atoms with Crippen molar-refractivity contribution in [2.24, 2.45) is 5.92 Å². The Bertz CT molecular complexity index is 1130. The molecule has 2 amide bonds. The van der Waals surface area contributed by atoms with Gasteiger partial charge in [0.15, 0.2) is 5.13 Å². The van der Waals surface area contributed by atoms with Crippen molar-refractivity contribution < 1.29 is 4.79 Å². The van der Waals surface area contributed by atoms with Crippen LogP contribution in [0.1, 0.15) is 30.3 Å². The van der Waals surface area contributed by atoms with E-state index in [4.69, 9.17) is 4.98 Å². The molecule has 7 heteroatoms. The van der Waals surface area contributed by atoms with E-state index < -0.39 is 0 Å². The van der Waals surface area contributed by atoms with E-state index >= 15 is 0 Å². The molecule has 1 aromatic carbocycles. The normalized spacial score (nSPS) is 15.8. The second-order valence-electron chi connectivity index (χ2n) is 7.80. The third-order valence-corrected chi connectivity index (χ3v) is 6.18. The second kappa shape index (κ2) is 8.25. The number of thiazole rings is 1. The fourth-order valence-corrected chi connectivity index (χ4v) is 4.72. The van der Waals surface area contributed by atoms with Crippen molar-refractivity contribution in [3.63, 3.8) is 0 Å². The molecule has 4 rings (SSSR count). The van der Waals surface area contributed by atoms with Gasteiger partial charge in [-0.05, 0) is 56.0 Å². The first-order valence-corrected chi connectivity index (χ1v) is 10.8. The van der Waals surface area contributed by atoms with Crippen molar-refractivity contribution in [2.75, 3.05) is 18.4 Å². The van der Waals surface area contributed by atoms with Crippen LogP contribution in [-0.2, 0) is 0 Å². The van der Waals surface area contributed by atoms with Crippen LogP contribution in [0.25, 0.3) is 21.7 Å². The van der Waals surface area contributed by atoms with Gasteiger partial charge in [0.05, 0.1) is 22.2 Å². The van der Waals surface area contributed by atoms with Crippen LogP contribution in [0, 0.1) is 31.1 Å². The molecule has 1 saturated heterocycles. The topological polar surface area (TPSA) is 81.9 Å². The zero-order chi connectivity index (χ0) is 21.3. The fourth-order valence-electron chi connectivity index (χ4n) is 3.76. The van der Waals surface area contributed by atoms with Gasteiger partial charge in [0.1, 0.15) is 0 Å². The number of aromatic nitrogens is 2. The summed E-state index contributed by atoms with van der Waals surface area (Å²) in [6.45, 7) is 7.62. The Hall–Kier alpha value is -3.24. The van der Waals surface area contributed by atoms with Gasteiger partial charge in [0, 0.05) is 30.0 Å². The average molecular weight is 418 g/mol. The lowest BCUT2D eigenvalue weighted by Crippen LogP contribution is -2.32. The Kier molecular flexibility index (Phi) is 5.51.